The summed E-state index contributed by atoms with van der Waals surface area (Å²) in [5.74, 6) is 1.24. The molecule has 6 heteroatoms. The van der Waals surface area contributed by atoms with Gasteiger partial charge in [-0.3, -0.25) is 0 Å². The topological polar surface area (TPSA) is 65.6 Å². The molecule has 0 aliphatic carbocycles. The van der Waals surface area contributed by atoms with E-state index in [1.54, 1.807) is 12.3 Å². The van der Waals surface area contributed by atoms with Crippen LogP contribution in [0.2, 0.25) is 0 Å². The summed E-state index contributed by atoms with van der Waals surface area (Å²) in [4.78, 5) is 4.84. The van der Waals surface area contributed by atoms with Crippen molar-refractivity contribution in [1.29, 1.82) is 0 Å². The molecular formula is C21H24N4O2. The second kappa shape index (κ2) is 6.23. The number of aromatic hydroxyl groups is 1. The summed E-state index contributed by atoms with van der Waals surface area (Å²) in [6, 6.07) is 6.04. The molecule has 140 valence electrons. The Labute approximate surface area is 158 Å². The Balaban J connectivity index is 1.54. The lowest BCUT2D eigenvalue weighted by Crippen LogP contribution is -2.46. The lowest BCUT2D eigenvalue weighted by atomic mass is 10.0. The summed E-state index contributed by atoms with van der Waals surface area (Å²) in [5.41, 5.74) is 4.53. The Bertz CT molecular complexity index is 1010. The monoisotopic (exact) mass is 364 g/mol. The maximum absolute atomic E-state index is 10.7. The van der Waals surface area contributed by atoms with Gasteiger partial charge in [0, 0.05) is 30.3 Å². The fraction of sp³-hybridized carbons (Fsp3) is 0.429. The molecular weight excluding hydrogens is 340 g/mol. The van der Waals surface area contributed by atoms with Crippen LogP contribution in [-0.2, 0) is 6.42 Å². The van der Waals surface area contributed by atoms with E-state index in [1.807, 2.05) is 12.1 Å². The van der Waals surface area contributed by atoms with Crippen LogP contribution in [0.5, 0.6) is 5.75 Å². The van der Waals surface area contributed by atoms with Gasteiger partial charge in [-0.15, -0.1) is 10.2 Å². The Morgan fingerprint density at radius 3 is 2.93 bits per heavy atom. The number of furan rings is 1. The fourth-order valence-electron chi connectivity index (χ4n) is 4.64. The van der Waals surface area contributed by atoms with Crippen LogP contribution in [0, 0.1) is 6.92 Å². The number of piperidine rings is 1. The van der Waals surface area contributed by atoms with E-state index in [4.69, 9.17) is 4.42 Å². The SMILES string of the molecule is Cc1c(-c2ccc3occc3c2O)nnc2c1CCN2[C@@H]1CCCN(C)C1. The smallest absolute Gasteiger partial charge is 0.155 e. The third-order valence-electron chi connectivity index (χ3n) is 6.10. The number of benzene rings is 1. The number of fused-ring (bicyclic) bond motifs is 2. The molecule has 1 atom stereocenters. The summed E-state index contributed by atoms with van der Waals surface area (Å²) < 4.78 is 5.38. The maximum Gasteiger partial charge on any atom is 0.155 e. The Kier molecular flexibility index (Phi) is 3.82. The molecule has 1 N–H and O–H groups in total. The molecule has 1 saturated heterocycles. The molecule has 1 fully saturated rings. The molecule has 2 aromatic heterocycles. The van der Waals surface area contributed by atoms with Gasteiger partial charge in [-0.25, -0.2) is 0 Å². The molecule has 0 saturated carbocycles. The molecule has 6 nitrogen and oxygen atoms in total. The molecule has 3 aromatic rings. The molecule has 4 heterocycles. The zero-order valence-electron chi connectivity index (χ0n) is 15.8. The van der Waals surface area contributed by atoms with Crippen molar-refractivity contribution in [2.75, 3.05) is 31.6 Å². The Morgan fingerprint density at radius 1 is 1.19 bits per heavy atom. The van der Waals surface area contributed by atoms with E-state index in [-0.39, 0.29) is 5.75 Å². The van der Waals surface area contributed by atoms with Gasteiger partial charge < -0.3 is 19.3 Å². The zero-order valence-corrected chi connectivity index (χ0v) is 15.8. The first-order chi connectivity index (χ1) is 13.1. The average Bonchev–Trinajstić information content (AvgIpc) is 3.30. The number of likely N-dealkylation sites (N-methyl/N-ethyl adjacent to an activating group) is 1. The van der Waals surface area contributed by atoms with Crippen LogP contribution in [0.25, 0.3) is 22.2 Å². The van der Waals surface area contributed by atoms with E-state index in [0.717, 1.165) is 36.6 Å². The van der Waals surface area contributed by atoms with Gasteiger partial charge in [-0.05, 0) is 63.5 Å². The quantitative estimate of drug-likeness (QED) is 0.752. The van der Waals surface area contributed by atoms with Gasteiger partial charge in [0.05, 0.1) is 11.6 Å². The number of hydrogen-bond acceptors (Lipinski definition) is 6. The van der Waals surface area contributed by atoms with Crippen molar-refractivity contribution in [2.24, 2.45) is 0 Å². The third kappa shape index (κ3) is 2.58. The first-order valence-corrected chi connectivity index (χ1v) is 9.64. The lowest BCUT2D eigenvalue weighted by molar-refractivity contribution is 0.245. The standard InChI is InChI=1S/C21H24N4O2/c1-13-15-7-10-25(14-4-3-9-24(2)12-14)21(15)23-22-19(13)17-5-6-18-16(20(17)26)8-11-27-18/h5-6,8,11,14,26H,3-4,7,9-10,12H2,1-2H3/t14-/m1/s1. The van der Waals surface area contributed by atoms with Gasteiger partial charge in [-0.1, -0.05) is 0 Å². The minimum atomic E-state index is 0.211. The summed E-state index contributed by atoms with van der Waals surface area (Å²) in [6.45, 7) is 5.36. The number of phenols is 1. The first-order valence-electron chi connectivity index (χ1n) is 9.64. The van der Waals surface area contributed by atoms with Gasteiger partial charge in [0.2, 0.25) is 0 Å². The number of aromatic nitrogens is 2. The molecule has 0 spiro atoms. The zero-order chi connectivity index (χ0) is 18.5. The van der Waals surface area contributed by atoms with E-state index >= 15 is 0 Å². The van der Waals surface area contributed by atoms with Crippen LogP contribution < -0.4 is 4.90 Å². The number of nitrogens with zero attached hydrogens (tertiary/aromatic N) is 4. The highest BCUT2D eigenvalue weighted by atomic mass is 16.3. The lowest BCUT2D eigenvalue weighted by Gasteiger charge is -2.36. The second-order valence-electron chi connectivity index (χ2n) is 7.77. The van der Waals surface area contributed by atoms with Crippen molar-refractivity contribution in [1.82, 2.24) is 15.1 Å². The molecule has 0 bridgehead atoms. The second-order valence-corrected chi connectivity index (χ2v) is 7.77. The van der Waals surface area contributed by atoms with E-state index in [9.17, 15) is 5.11 Å². The van der Waals surface area contributed by atoms with Crippen LogP contribution in [0.3, 0.4) is 0 Å². The number of anilines is 1. The molecule has 0 amide bonds. The van der Waals surface area contributed by atoms with E-state index in [1.165, 1.54) is 24.9 Å². The van der Waals surface area contributed by atoms with E-state index in [0.29, 0.717) is 22.6 Å². The molecule has 2 aliphatic rings. The Morgan fingerprint density at radius 2 is 2.07 bits per heavy atom. The normalized spacial score (nSPS) is 20.4. The molecule has 0 radical (unpaired) electrons. The van der Waals surface area contributed by atoms with Crippen LogP contribution in [-0.4, -0.2) is 52.9 Å². The summed E-state index contributed by atoms with van der Waals surface area (Å²) in [7, 11) is 2.19. The van der Waals surface area contributed by atoms with E-state index < -0.39 is 0 Å². The predicted octanol–water partition coefficient (Wildman–Crippen LogP) is 3.36. The summed E-state index contributed by atoms with van der Waals surface area (Å²) >= 11 is 0. The summed E-state index contributed by atoms with van der Waals surface area (Å²) in [5, 5.41) is 20.6. The summed E-state index contributed by atoms with van der Waals surface area (Å²) in [6.07, 6.45) is 5.02. The average molecular weight is 364 g/mol. The minimum absolute atomic E-state index is 0.211. The third-order valence-corrected chi connectivity index (χ3v) is 6.10. The first kappa shape index (κ1) is 16.6. The van der Waals surface area contributed by atoms with Crippen molar-refractivity contribution in [3.63, 3.8) is 0 Å². The highest BCUT2D eigenvalue weighted by Gasteiger charge is 2.32. The molecule has 27 heavy (non-hydrogen) atoms. The molecule has 0 unspecified atom stereocenters. The number of phenolic OH excluding ortho intramolecular Hbond substituents is 1. The highest BCUT2D eigenvalue weighted by Crippen LogP contribution is 2.40. The van der Waals surface area contributed by atoms with Crippen LogP contribution in [0.1, 0.15) is 24.0 Å². The van der Waals surface area contributed by atoms with Crippen molar-refractivity contribution in [3.8, 4) is 17.0 Å². The minimum Gasteiger partial charge on any atom is -0.506 e. The van der Waals surface area contributed by atoms with Crippen LogP contribution in [0.15, 0.2) is 28.9 Å². The fourth-order valence-corrected chi connectivity index (χ4v) is 4.64. The van der Waals surface area contributed by atoms with Gasteiger partial charge in [0.1, 0.15) is 17.0 Å². The van der Waals surface area contributed by atoms with Crippen molar-refractivity contribution < 1.29 is 9.52 Å². The maximum atomic E-state index is 10.7. The van der Waals surface area contributed by atoms with Gasteiger partial charge in [0.15, 0.2) is 5.82 Å². The molecule has 1 aromatic carbocycles. The number of hydrogen-bond donors (Lipinski definition) is 1. The van der Waals surface area contributed by atoms with Crippen molar-refractivity contribution >= 4 is 16.8 Å². The largest absolute Gasteiger partial charge is 0.506 e. The number of likely N-dealkylation sites (tertiary alicyclic amines) is 1. The van der Waals surface area contributed by atoms with Crippen molar-refractivity contribution in [2.45, 2.75) is 32.2 Å². The molecule has 5 rings (SSSR count). The highest BCUT2D eigenvalue weighted by molar-refractivity contribution is 5.91. The van der Waals surface area contributed by atoms with Gasteiger partial charge in [0.25, 0.3) is 0 Å². The molecule has 2 aliphatic heterocycles. The van der Waals surface area contributed by atoms with Crippen LogP contribution in [0.4, 0.5) is 5.82 Å². The van der Waals surface area contributed by atoms with Gasteiger partial charge in [-0.2, -0.15) is 0 Å². The Hall–Kier alpha value is -2.60. The predicted molar refractivity (Wildman–Crippen MR) is 105 cm³/mol. The number of rotatable bonds is 2. The van der Waals surface area contributed by atoms with Crippen LogP contribution >= 0.6 is 0 Å². The van der Waals surface area contributed by atoms with Crippen molar-refractivity contribution in [3.05, 3.63) is 35.6 Å². The van der Waals surface area contributed by atoms with E-state index in [2.05, 4.69) is 34.0 Å². The van der Waals surface area contributed by atoms with Gasteiger partial charge >= 0.3 is 0 Å².